The summed E-state index contributed by atoms with van der Waals surface area (Å²) in [6.45, 7) is 5.14. The van der Waals surface area contributed by atoms with Crippen molar-refractivity contribution in [2.75, 3.05) is 24.7 Å². The van der Waals surface area contributed by atoms with Gasteiger partial charge in [-0.1, -0.05) is 18.2 Å². The van der Waals surface area contributed by atoms with Gasteiger partial charge in [-0.15, -0.1) is 0 Å². The standard InChI is InChI=1S/C22H21N5/c1-16-12-22(25-21-5-3-2-4-20(16)21)17-13-24-27(14-17)19-8-6-18(7-9-19)26-11-10-23-15-26/h2-9,12-14,23H,10-11,15H2,1H3. The van der Waals surface area contributed by atoms with Crippen molar-refractivity contribution in [3.8, 4) is 16.9 Å². The van der Waals surface area contributed by atoms with Gasteiger partial charge in [-0.2, -0.15) is 5.10 Å². The summed E-state index contributed by atoms with van der Waals surface area (Å²) in [5.41, 5.74) is 6.52. The second-order valence-electron chi connectivity index (χ2n) is 6.95. The minimum absolute atomic E-state index is 0.915. The molecule has 1 N–H and O–H groups in total. The van der Waals surface area contributed by atoms with Gasteiger partial charge in [0.25, 0.3) is 0 Å². The molecule has 0 unspecified atom stereocenters. The highest BCUT2D eigenvalue weighted by Gasteiger charge is 2.12. The maximum absolute atomic E-state index is 4.81. The van der Waals surface area contributed by atoms with Crippen molar-refractivity contribution in [3.63, 3.8) is 0 Å². The minimum Gasteiger partial charge on any atom is -0.357 e. The molecule has 1 saturated heterocycles. The van der Waals surface area contributed by atoms with Crippen LogP contribution in [0.3, 0.4) is 0 Å². The zero-order valence-electron chi connectivity index (χ0n) is 15.3. The first kappa shape index (κ1) is 16.0. The van der Waals surface area contributed by atoms with Crippen LogP contribution in [0.5, 0.6) is 0 Å². The molecule has 1 aliphatic heterocycles. The Kier molecular flexibility index (Phi) is 3.87. The largest absolute Gasteiger partial charge is 0.357 e. The van der Waals surface area contributed by atoms with Crippen molar-refractivity contribution in [1.82, 2.24) is 20.1 Å². The minimum atomic E-state index is 0.915. The predicted molar refractivity (Wildman–Crippen MR) is 109 cm³/mol. The van der Waals surface area contributed by atoms with Gasteiger partial charge < -0.3 is 4.90 Å². The number of rotatable bonds is 3. The van der Waals surface area contributed by atoms with Crippen LogP contribution >= 0.6 is 0 Å². The number of hydrogen-bond donors (Lipinski definition) is 1. The third-order valence-corrected chi connectivity index (χ3v) is 5.14. The highest BCUT2D eigenvalue weighted by atomic mass is 15.3. The third kappa shape index (κ3) is 2.96. The molecule has 134 valence electrons. The summed E-state index contributed by atoms with van der Waals surface area (Å²) >= 11 is 0. The lowest BCUT2D eigenvalue weighted by atomic mass is 10.1. The number of para-hydroxylation sites is 1. The molecule has 5 rings (SSSR count). The fourth-order valence-electron chi connectivity index (χ4n) is 3.64. The second kappa shape index (κ2) is 6.52. The lowest BCUT2D eigenvalue weighted by Gasteiger charge is -2.16. The topological polar surface area (TPSA) is 46.0 Å². The molecule has 0 amide bonds. The zero-order chi connectivity index (χ0) is 18.2. The highest BCUT2D eigenvalue weighted by molar-refractivity contribution is 5.84. The first-order chi connectivity index (χ1) is 13.3. The number of pyridine rings is 1. The van der Waals surface area contributed by atoms with E-state index < -0.39 is 0 Å². The molecule has 27 heavy (non-hydrogen) atoms. The highest BCUT2D eigenvalue weighted by Crippen LogP contribution is 2.25. The molecule has 5 heteroatoms. The van der Waals surface area contributed by atoms with Gasteiger partial charge in [0.2, 0.25) is 0 Å². The van der Waals surface area contributed by atoms with Crippen LogP contribution < -0.4 is 10.2 Å². The predicted octanol–water partition coefficient (Wildman–Crippen LogP) is 3.76. The average molecular weight is 355 g/mol. The normalized spacial score (nSPS) is 14.2. The summed E-state index contributed by atoms with van der Waals surface area (Å²) in [4.78, 5) is 7.15. The quantitative estimate of drug-likeness (QED) is 0.608. The molecule has 1 fully saturated rings. The number of aryl methyl sites for hydroxylation is 1. The van der Waals surface area contributed by atoms with Gasteiger partial charge in [0.1, 0.15) is 0 Å². The molecule has 0 radical (unpaired) electrons. The van der Waals surface area contributed by atoms with Crippen molar-refractivity contribution in [2.45, 2.75) is 6.92 Å². The maximum Gasteiger partial charge on any atom is 0.0744 e. The number of benzene rings is 2. The Bertz CT molecular complexity index is 1090. The van der Waals surface area contributed by atoms with Gasteiger partial charge in [0.15, 0.2) is 0 Å². The fraction of sp³-hybridized carbons (Fsp3) is 0.182. The van der Waals surface area contributed by atoms with Crippen molar-refractivity contribution in [1.29, 1.82) is 0 Å². The maximum atomic E-state index is 4.81. The van der Waals surface area contributed by atoms with Gasteiger partial charge >= 0.3 is 0 Å². The van der Waals surface area contributed by atoms with E-state index in [2.05, 4.69) is 70.8 Å². The molecular weight excluding hydrogens is 334 g/mol. The molecule has 3 heterocycles. The lowest BCUT2D eigenvalue weighted by molar-refractivity contribution is 0.853. The smallest absolute Gasteiger partial charge is 0.0744 e. The number of nitrogens with one attached hydrogen (secondary N) is 1. The SMILES string of the molecule is Cc1cc(-c2cnn(-c3ccc(N4CCNC4)cc3)c2)nc2ccccc12. The summed E-state index contributed by atoms with van der Waals surface area (Å²) in [5.74, 6) is 0. The van der Waals surface area contributed by atoms with Crippen molar-refractivity contribution < 1.29 is 0 Å². The Hall–Kier alpha value is -3.18. The lowest BCUT2D eigenvalue weighted by Crippen LogP contribution is -2.20. The van der Waals surface area contributed by atoms with Crippen LogP contribution in [0.25, 0.3) is 27.8 Å². The summed E-state index contributed by atoms with van der Waals surface area (Å²) in [6, 6.07) is 18.9. The third-order valence-electron chi connectivity index (χ3n) is 5.14. The van der Waals surface area contributed by atoms with E-state index in [9.17, 15) is 0 Å². The Morgan fingerprint density at radius 1 is 1.00 bits per heavy atom. The van der Waals surface area contributed by atoms with Crippen LogP contribution in [-0.4, -0.2) is 34.5 Å². The van der Waals surface area contributed by atoms with E-state index in [0.717, 1.165) is 42.2 Å². The molecule has 2 aromatic carbocycles. The summed E-state index contributed by atoms with van der Waals surface area (Å²) in [7, 11) is 0. The number of aromatic nitrogens is 3. The van der Waals surface area contributed by atoms with Crippen LogP contribution in [0.1, 0.15) is 5.56 Å². The van der Waals surface area contributed by atoms with Gasteiger partial charge in [-0.25, -0.2) is 9.67 Å². The molecular formula is C22H21N5. The Morgan fingerprint density at radius 3 is 2.63 bits per heavy atom. The van der Waals surface area contributed by atoms with E-state index in [1.54, 1.807) is 0 Å². The summed E-state index contributed by atoms with van der Waals surface area (Å²) < 4.78 is 1.91. The Morgan fingerprint density at radius 2 is 1.81 bits per heavy atom. The zero-order valence-corrected chi connectivity index (χ0v) is 15.3. The first-order valence-corrected chi connectivity index (χ1v) is 9.25. The van der Waals surface area contributed by atoms with E-state index in [4.69, 9.17) is 4.98 Å². The molecule has 2 aromatic heterocycles. The van der Waals surface area contributed by atoms with Crippen LogP contribution in [-0.2, 0) is 0 Å². The number of anilines is 1. The van der Waals surface area contributed by atoms with Crippen LogP contribution in [0.15, 0.2) is 67.0 Å². The van der Waals surface area contributed by atoms with E-state index in [1.165, 1.54) is 16.6 Å². The molecule has 0 saturated carbocycles. The van der Waals surface area contributed by atoms with Gasteiger partial charge in [-0.3, -0.25) is 5.32 Å². The molecule has 4 aromatic rings. The van der Waals surface area contributed by atoms with E-state index >= 15 is 0 Å². The average Bonchev–Trinajstić information content (AvgIpc) is 3.40. The second-order valence-corrected chi connectivity index (χ2v) is 6.95. The first-order valence-electron chi connectivity index (χ1n) is 9.25. The van der Waals surface area contributed by atoms with E-state index in [1.807, 2.05) is 23.1 Å². The van der Waals surface area contributed by atoms with Crippen LogP contribution in [0, 0.1) is 6.92 Å². The molecule has 0 bridgehead atoms. The van der Waals surface area contributed by atoms with Crippen molar-refractivity contribution >= 4 is 16.6 Å². The molecule has 5 nitrogen and oxygen atoms in total. The number of hydrogen-bond acceptors (Lipinski definition) is 4. The van der Waals surface area contributed by atoms with Gasteiger partial charge in [0, 0.05) is 35.9 Å². The molecule has 0 spiro atoms. The van der Waals surface area contributed by atoms with Crippen LogP contribution in [0.4, 0.5) is 5.69 Å². The van der Waals surface area contributed by atoms with Crippen molar-refractivity contribution in [3.05, 3.63) is 72.6 Å². The molecule has 0 aliphatic carbocycles. The van der Waals surface area contributed by atoms with Gasteiger partial charge in [0.05, 0.1) is 29.8 Å². The van der Waals surface area contributed by atoms with E-state index in [-0.39, 0.29) is 0 Å². The number of fused-ring (bicyclic) bond motifs is 1. The summed E-state index contributed by atoms with van der Waals surface area (Å²) in [6.07, 6.45) is 3.93. The summed E-state index contributed by atoms with van der Waals surface area (Å²) in [5, 5.41) is 9.10. The molecule has 0 atom stereocenters. The Labute approximate surface area is 158 Å². The number of nitrogens with zero attached hydrogens (tertiary/aromatic N) is 4. The fourth-order valence-corrected chi connectivity index (χ4v) is 3.64. The van der Waals surface area contributed by atoms with Crippen LogP contribution in [0.2, 0.25) is 0 Å². The monoisotopic (exact) mass is 355 g/mol. The van der Waals surface area contributed by atoms with E-state index in [0.29, 0.717) is 0 Å². The van der Waals surface area contributed by atoms with Gasteiger partial charge in [-0.05, 0) is 48.9 Å². The Balaban J connectivity index is 1.46. The molecule has 1 aliphatic rings. The van der Waals surface area contributed by atoms with Crippen molar-refractivity contribution in [2.24, 2.45) is 0 Å².